The topological polar surface area (TPSA) is 89.7 Å². The smallest absolute Gasteiger partial charge is 0.321 e. The first-order chi connectivity index (χ1) is 9.84. The third-order valence-electron chi connectivity index (χ3n) is 2.92. The lowest BCUT2D eigenvalue weighted by molar-refractivity contribution is -0.143. The maximum Gasteiger partial charge on any atom is 0.321 e. The molecular weight excluding hydrogens is 292 g/mol. The molecule has 0 spiro atoms. The number of carbonyl (C=O) groups is 1. The zero-order valence-electron chi connectivity index (χ0n) is 12.6. The van der Waals surface area contributed by atoms with E-state index in [1.54, 1.807) is 26.0 Å². The van der Waals surface area contributed by atoms with Crippen LogP contribution in [0.2, 0.25) is 0 Å². The van der Waals surface area contributed by atoms with Gasteiger partial charge >= 0.3 is 5.97 Å². The van der Waals surface area contributed by atoms with E-state index in [4.69, 9.17) is 10.5 Å². The van der Waals surface area contributed by atoms with Crippen molar-refractivity contribution in [3.8, 4) is 0 Å². The molecular formula is C14H22N2O4S. The monoisotopic (exact) mass is 314 g/mol. The molecule has 1 aromatic carbocycles. The van der Waals surface area contributed by atoms with Crippen molar-refractivity contribution in [2.75, 3.05) is 25.4 Å². The Hall–Kier alpha value is -1.60. The van der Waals surface area contributed by atoms with E-state index in [2.05, 4.69) is 0 Å². The predicted molar refractivity (Wildman–Crippen MR) is 81.3 cm³/mol. The average Bonchev–Trinajstić information content (AvgIpc) is 2.38. The summed E-state index contributed by atoms with van der Waals surface area (Å²) in [4.78, 5) is 11.7. The highest BCUT2D eigenvalue weighted by Gasteiger charge is 2.29. The molecule has 0 radical (unpaired) electrons. The highest BCUT2D eigenvalue weighted by molar-refractivity contribution is 7.89. The first-order valence-electron chi connectivity index (χ1n) is 6.85. The van der Waals surface area contributed by atoms with Crippen LogP contribution in [0.5, 0.6) is 0 Å². The lowest BCUT2D eigenvalue weighted by atomic mass is 10.2. The van der Waals surface area contributed by atoms with E-state index in [-0.39, 0.29) is 30.3 Å². The van der Waals surface area contributed by atoms with Crippen molar-refractivity contribution in [1.29, 1.82) is 0 Å². The van der Waals surface area contributed by atoms with Crippen LogP contribution in [0.25, 0.3) is 0 Å². The van der Waals surface area contributed by atoms with E-state index in [0.717, 1.165) is 4.31 Å². The predicted octanol–water partition coefficient (Wildman–Crippen LogP) is 1.54. The number of hydrogen-bond donors (Lipinski definition) is 1. The summed E-state index contributed by atoms with van der Waals surface area (Å²) in [7, 11) is -3.83. The Morgan fingerprint density at radius 2 is 2.00 bits per heavy atom. The summed E-state index contributed by atoms with van der Waals surface area (Å²) >= 11 is 0. The van der Waals surface area contributed by atoms with Crippen LogP contribution in [0, 0.1) is 6.92 Å². The lowest BCUT2D eigenvalue weighted by Crippen LogP contribution is -2.37. The number of benzene rings is 1. The molecule has 0 fully saturated rings. The maximum atomic E-state index is 12.7. The zero-order chi connectivity index (χ0) is 16.0. The summed E-state index contributed by atoms with van der Waals surface area (Å²) in [5.41, 5.74) is 6.54. The molecule has 0 aliphatic heterocycles. The molecule has 0 bridgehead atoms. The summed E-state index contributed by atoms with van der Waals surface area (Å²) in [6.45, 7) is 5.33. The Morgan fingerprint density at radius 3 is 2.52 bits per heavy atom. The van der Waals surface area contributed by atoms with Gasteiger partial charge < -0.3 is 10.5 Å². The molecule has 1 rings (SSSR count). The minimum Gasteiger partial charge on any atom is -0.465 e. The van der Waals surface area contributed by atoms with E-state index in [1.807, 2.05) is 6.92 Å². The number of nitrogens with two attached hydrogens (primary N) is 1. The van der Waals surface area contributed by atoms with E-state index in [1.165, 1.54) is 6.07 Å². The molecule has 7 heteroatoms. The Labute approximate surface area is 125 Å². The van der Waals surface area contributed by atoms with E-state index in [0.29, 0.717) is 12.0 Å². The van der Waals surface area contributed by atoms with Gasteiger partial charge in [-0.1, -0.05) is 19.1 Å². The third-order valence-corrected chi connectivity index (χ3v) is 4.99. The van der Waals surface area contributed by atoms with Crippen LogP contribution in [0.4, 0.5) is 5.69 Å². The summed E-state index contributed by atoms with van der Waals surface area (Å²) in [5.74, 6) is -0.568. The number of sulfonamides is 1. The first kappa shape index (κ1) is 17.5. The second-order valence-corrected chi connectivity index (χ2v) is 6.51. The molecule has 0 atom stereocenters. The van der Waals surface area contributed by atoms with Gasteiger partial charge in [0, 0.05) is 6.54 Å². The summed E-state index contributed by atoms with van der Waals surface area (Å²) in [6.07, 6.45) is 0.588. The Kier molecular flexibility index (Phi) is 6.17. The molecule has 0 aliphatic rings. The van der Waals surface area contributed by atoms with Gasteiger partial charge in [0.2, 0.25) is 10.0 Å². The van der Waals surface area contributed by atoms with Crippen molar-refractivity contribution in [2.24, 2.45) is 0 Å². The number of carbonyl (C=O) groups excluding carboxylic acids is 1. The summed E-state index contributed by atoms with van der Waals surface area (Å²) in [5, 5.41) is 0. The van der Waals surface area contributed by atoms with Gasteiger partial charge in [0.1, 0.15) is 11.4 Å². The van der Waals surface area contributed by atoms with E-state index < -0.39 is 16.0 Å². The van der Waals surface area contributed by atoms with Gasteiger partial charge in [-0.2, -0.15) is 4.31 Å². The van der Waals surface area contributed by atoms with Crippen molar-refractivity contribution in [2.45, 2.75) is 32.1 Å². The van der Waals surface area contributed by atoms with Crippen molar-refractivity contribution in [3.05, 3.63) is 23.8 Å². The molecule has 6 nitrogen and oxygen atoms in total. The van der Waals surface area contributed by atoms with Gasteiger partial charge in [-0.3, -0.25) is 4.79 Å². The molecule has 118 valence electrons. The van der Waals surface area contributed by atoms with E-state index >= 15 is 0 Å². The minimum absolute atomic E-state index is 0.0581. The fraction of sp³-hybridized carbons (Fsp3) is 0.500. The Bertz CT molecular complexity index is 579. The number of aryl methyl sites for hydroxylation is 1. The summed E-state index contributed by atoms with van der Waals surface area (Å²) < 4.78 is 31.4. The molecule has 0 saturated carbocycles. The molecule has 21 heavy (non-hydrogen) atoms. The number of ether oxygens (including phenoxy) is 1. The Balaban J connectivity index is 3.19. The van der Waals surface area contributed by atoms with Crippen LogP contribution in [0.3, 0.4) is 0 Å². The van der Waals surface area contributed by atoms with Crippen LogP contribution in [0.15, 0.2) is 23.1 Å². The third kappa shape index (κ3) is 4.18. The van der Waals surface area contributed by atoms with Crippen LogP contribution in [0.1, 0.15) is 25.8 Å². The minimum atomic E-state index is -3.83. The van der Waals surface area contributed by atoms with Crippen LogP contribution >= 0.6 is 0 Å². The first-order valence-corrected chi connectivity index (χ1v) is 8.29. The molecule has 0 amide bonds. The van der Waals surface area contributed by atoms with Gasteiger partial charge in [-0.25, -0.2) is 8.42 Å². The Morgan fingerprint density at radius 1 is 1.33 bits per heavy atom. The number of hydrogen-bond acceptors (Lipinski definition) is 5. The number of anilines is 1. The van der Waals surface area contributed by atoms with E-state index in [9.17, 15) is 13.2 Å². The fourth-order valence-corrected chi connectivity index (χ4v) is 3.84. The van der Waals surface area contributed by atoms with Gasteiger partial charge in [-0.15, -0.1) is 0 Å². The second-order valence-electron chi connectivity index (χ2n) is 4.64. The van der Waals surface area contributed by atoms with Crippen LogP contribution < -0.4 is 5.73 Å². The van der Waals surface area contributed by atoms with Gasteiger partial charge in [0.05, 0.1) is 12.3 Å². The quantitative estimate of drug-likeness (QED) is 0.609. The van der Waals surface area contributed by atoms with Crippen molar-refractivity contribution < 1.29 is 17.9 Å². The summed E-state index contributed by atoms with van der Waals surface area (Å²) in [6, 6.07) is 4.91. The van der Waals surface area contributed by atoms with Crippen molar-refractivity contribution in [3.63, 3.8) is 0 Å². The SMILES string of the molecule is CCCN(CC(=O)OCC)S(=O)(=O)c1c(C)cccc1N. The highest BCUT2D eigenvalue weighted by Crippen LogP contribution is 2.26. The number of rotatable bonds is 7. The maximum absolute atomic E-state index is 12.7. The molecule has 1 aromatic rings. The normalized spacial score (nSPS) is 11.6. The molecule has 0 heterocycles. The number of nitrogens with zero attached hydrogens (tertiary/aromatic N) is 1. The molecule has 0 unspecified atom stereocenters. The number of esters is 1. The van der Waals surface area contributed by atoms with Crippen molar-refractivity contribution >= 4 is 21.7 Å². The van der Waals surface area contributed by atoms with Crippen LogP contribution in [-0.4, -0.2) is 38.4 Å². The molecule has 0 aliphatic carbocycles. The lowest BCUT2D eigenvalue weighted by Gasteiger charge is -2.22. The average molecular weight is 314 g/mol. The fourth-order valence-electron chi connectivity index (χ4n) is 2.04. The molecule has 2 N–H and O–H groups in total. The zero-order valence-corrected chi connectivity index (χ0v) is 13.4. The molecule has 0 saturated heterocycles. The largest absolute Gasteiger partial charge is 0.465 e. The van der Waals surface area contributed by atoms with Gasteiger partial charge in [0.15, 0.2) is 0 Å². The molecule has 0 aromatic heterocycles. The van der Waals surface area contributed by atoms with Crippen LogP contribution in [-0.2, 0) is 19.6 Å². The van der Waals surface area contributed by atoms with Gasteiger partial charge in [-0.05, 0) is 31.9 Å². The highest BCUT2D eigenvalue weighted by atomic mass is 32.2. The standard InChI is InChI=1S/C14H22N2O4S/c1-4-9-16(10-13(17)20-5-2)21(18,19)14-11(3)7-6-8-12(14)15/h6-8H,4-5,9-10,15H2,1-3H3. The second kappa shape index (κ2) is 7.42. The van der Waals surface area contributed by atoms with Gasteiger partial charge in [0.25, 0.3) is 0 Å². The number of nitrogen functional groups attached to an aromatic ring is 1. The van der Waals surface area contributed by atoms with Crippen molar-refractivity contribution in [1.82, 2.24) is 4.31 Å².